The molecule has 2 aromatic heterocycles. The average Bonchev–Trinajstić information content (AvgIpc) is 2.71. The zero-order valence-corrected chi connectivity index (χ0v) is 9.75. The van der Waals surface area contributed by atoms with Gasteiger partial charge in [0.15, 0.2) is 0 Å². The maximum absolute atomic E-state index is 6.06. The molecule has 0 amide bonds. The van der Waals surface area contributed by atoms with Gasteiger partial charge in [-0.3, -0.25) is 0 Å². The number of aromatic nitrogens is 1. The number of nitrogens with two attached hydrogens (primary N) is 1. The van der Waals surface area contributed by atoms with Gasteiger partial charge in [-0.05, 0) is 49.9 Å². The summed E-state index contributed by atoms with van der Waals surface area (Å²) in [5.74, 6) is 0. The highest BCUT2D eigenvalue weighted by molar-refractivity contribution is 9.10. The van der Waals surface area contributed by atoms with Crippen LogP contribution < -0.4 is 5.73 Å². The van der Waals surface area contributed by atoms with Gasteiger partial charge in [0.05, 0.1) is 6.04 Å². The molecule has 0 aliphatic heterocycles. The standard InChI is InChI=1S/C10H9BrN2S/c11-9-2-1-7(5-13-9)10(12)8-3-4-14-6-8/h1-6,10H,12H2/t10-/m1/s1. The van der Waals surface area contributed by atoms with Crippen molar-refractivity contribution in [3.8, 4) is 0 Å². The lowest BCUT2D eigenvalue weighted by Crippen LogP contribution is -2.10. The molecule has 0 fully saturated rings. The maximum atomic E-state index is 6.06. The van der Waals surface area contributed by atoms with Crippen molar-refractivity contribution >= 4 is 27.3 Å². The molecule has 2 N–H and O–H groups in total. The van der Waals surface area contributed by atoms with E-state index in [2.05, 4.69) is 26.3 Å². The summed E-state index contributed by atoms with van der Waals surface area (Å²) >= 11 is 4.95. The summed E-state index contributed by atoms with van der Waals surface area (Å²) < 4.78 is 0.832. The molecule has 72 valence electrons. The summed E-state index contributed by atoms with van der Waals surface area (Å²) in [7, 11) is 0. The molecule has 2 nitrogen and oxygen atoms in total. The summed E-state index contributed by atoms with van der Waals surface area (Å²) in [5, 5.41) is 4.09. The molecule has 0 aromatic carbocycles. The fraction of sp³-hybridized carbons (Fsp3) is 0.100. The Labute approximate surface area is 94.9 Å². The lowest BCUT2D eigenvalue weighted by Gasteiger charge is -2.09. The minimum absolute atomic E-state index is 0.0677. The Hall–Kier alpha value is -0.710. The van der Waals surface area contributed by atoms with Crippen LogP contribution in [0, 0.1) is 0 Å². The van der Waals surface area contributed by atoms with Crippen LogP contribution in [0.25, 0.3) is 0 Å². The van der Waals surface area contributed by atoms with Crippen molar-refractivity contribution in [2.24, 2.45) is 5.73 Å². The van der Waals surface area contributed by atoms with Crippen LogP contribution in [-0.4, -0.2) is 4.98 Å². The molecule has 0 spiro atoms. The molecule has 0 unspecified atom stereocenters. The number of rotatable bonds is 2. The van der Waals surface area contributed by atoms with Crippen LogP contribution >= 0.6 is 27.3 Å². The van der Waals surface area contributed by atoms with E-state index in [0.29, 0.717) is 0 Å². The van der Waals surface area contributed by atoms with Crippen molar-refractivity contribution < 1.29 is 0 Å². The third-order valence-electron chi connectivity index (χ3n) is 2.01. The minimum atomic E-state index is -0.0677. The van der Waals surface area contributed by atoms with Crippen LogP contribution in [-0.2, 0) is 0 Å². The van der Waals surface area contributed by atoms with E-state index >= 15 is 0 Å². The summed E-state index contributed by atoms with van der Waals surface area (Å²) in [6, 6.07) is 5.86. The fourth-order valence-corrected chi connectivity index (χ4v) is 2.15. The monoisotopic (exact) mass is 268 g/mol. The van der Waals surface area contributed by atoms with E-state index in [1.54, 1.807) is 17.5 Å². The van der Waals surface area contributed by atoms with Crippen molar-refractivity contribution in [2.45, 2.75) is 6.04 Å². The van der Waals surface area contributed by atoms with Gasteiger partial charge in [0.1, 0.15) is 4.60 Å². The van der Waals surface area contributed by atoms with E-state index in [1.165, 1.54) is 0 Å². The Bertz CT molecular complexity index is 397. The summed E-state index contributed by atoms with van der Waals surface area (Å²) in [5.41, 5.74) is 8.23. The normalized spacial score (nSPS) is 12.7. The Morgan fingerprint density at radius 2 is 2.14 bits per heavy atom. The van der Waals surface area contributed by atoms with Gasteiger partial charge in [0, 0.05) is 6.20 Å². The molecular formula is C10H9BrN2S. The maximum Gasteiger partial charge on any atom is 0.106 e. The first-order chi connectivity index (χ1) is 6.77. The van der Waals surface area contributed by atoms with Crippen LogP contribution in [0.15, 0.2) is 39.8 Å². The molecule has 0 bridgehead atoms. The second-order valence-corrected chi connectivity index (χ2v) is 4.54. The smallest absolute Gasteiger partial charge is 0.106 e. The highest BCUT2D eigenvalue weighted by Crippen LogP contribution is 2.21. The predicted octanol–water partition coefficient (Wildman–Crippen LogP) is 2.95. The molecule has 0 radical (unpaired) electrons. The molecule has 2 aromatic rings. The van der Waals surface area contributed by atoms with Crippen LogP contribution in [0.2, 0.25) is 0 Å². The van der Waals surface area contributed by atoms with Crippen molar-refractivity contribution in [3.63, 3.8) is 0 Å². The highest BCUT2D eigenvalue weighted by Gasteiger charge is 2.08. The number of pyridine rings is 1. The van der Waals surface area contributed by atoms with Crippen molar-refractivity contribution in [1.29, 1.82) is 0 Å². The summed E-state index contributed by atoms with van der Waals surface area (Å²) in [4.78, 5) is 4.15. The lowest BCUT2D eigenvalue weighted by molar-refractivity contribution is 0.867. The fourth-order valence-electron chi connectivity index (χ4n) is 1.22. The minimum Gasteiger partial charge on any atom is -0.320 e. The van der Waals surface area contributed by atoms with Gasteiger partial charge in [0.25, 0.3) is 0 Å². The molecule has 0 aliphatic rings. The third kappa shape index (κ3) is 2.03. The number of nitrogens with zero attached hydrogens (tertiary/aromatic N) is 1. The van der Waals surface area contributed by atoms with Crippen LogP contribution in [0.3, 0.4) is 0 Å². The molecule has 2 heterocycles. The van der Waals surface area contributed by atoms with Crippen LogP contribution in [0.1, 0.15) is 17.2 Å². The molecule has 2 rings (SSSR count). The Morgan fingerprint density at radius 3 is 2.71 bits per heavy atom. The first-order valence-electron chi connectivity index (χ1n) is 4.16. The zero-order valence-electron chi connectivity index (χ0n) is 7.35. The molecule has 4 heteroatoms. The molecule has 0 saturated heterocycles. The number of halogens is 1. The van der Waals surface area contributed by atoms with E-state index in [9.17, 15) is 0 Å². The SMILES string of the molecule is N[C@H](c1ccc(Br)nc1)c1ccsc1. The van der Waals surface area contributed by atoms with E-state index < -0.39 is 0 Å². The zero-order chi connectivity index (χ0) is 9.97. The Kier molecular flexibility index (Phi) is 2.96. The van der Waals surface area contributed by atoms with Gasteiger partial charge in [-0.15, -0.1) is 0 Å². The average molecular weight is 269 g/mol. The Balaban J connectivity index is 2.28. The van der Waals surface area contributed by atoms with Crippen molar-refractivity contribution in [1.82, 2.24) is 4.98 Å². The first-order valence-corrected chi connectivity index (χ1v) is 5.90. The number of hydrogen-bond acceptors (Lipinski definition) is 3. The van der Waals surface area contributed by atoms with Crippen LogP contribution in [0.5, 0.6) is 0 Å². The molecule has 1 atom stereocenters. The predicted molar refractivity (Wildman–Crippen MR) is 62.3 cm³/mol. The number of thiophene rings is 1. The lowest BCUT2D eigenvalue weighted by atomic mass is 10.1. The second-order valence-electron chi connectivity index (χ2n) is 2.95. The molecule has 0 aliphatic carbocycles. The summed E-state index contributed by atoms with van der Waals surface area (Å²) in [6.07, 6.45) is 1.80. The molecular weight excluding hydrogens is 260 g/mol. The Morgan fingerprint density at radius 1 is 1.29 bits per heavy atom. The van der Waals surface area contributed by atoms with E-state index in [0.717, 1.165) is 15.7 Å². The third-order valence-corrected chi connectivity index (χ3v) is 3.18. The van der Waals surface area contributed by atoms with E-state index in [4.69, 9.17) is 5.73 Å². The number of hydrogen-bond donors (Lipinski definition) is 1. The van der Waals surface area contributed by atoms with Gasteiger partial charge in [0.2, 0.25) is 0 Å². The van der Waals surface area contributed by atoms with Gasteiger partial charge >= 0.3 is 0 Å². The van der Waals surface area contributed by atoms with Crippen LogP contribution in [0.4, 0.5) is 0 Å². The topological polar surface area (TPSA) is 38.9 Å². The quantitative estimate of drug-likeness (QED) is 0.851. The summed E-state index contributed by atoms with van der Waals surface area (Å²) in [6.45, 7) is 0. The first kappa shape index (κ1) is 9.83. The van der Waals surface area contributed by atoms with Gasteiger partial charge in [-0.25, -0.2) is 4.98 Å². The van der Waals surface area contributed by atoms with Crippen molar-refractivity contribution in [3.05, 3.63) is 50.9 Å². The van der Waals surface area contributed by atoms with Gasteiger partial charge in [-0.2, -0.15) is 11.3 Å². The van der Waals surface area contributed by atoms with Gasteiger partial charge in [-0.1, -0.05) is 6.07 Å². The molecule has 14 heavy (non-hydrogen) atoms. The highest BCUT2D eigenvalue weighted by atomic mass is 79.9. The molecule has 0 saturated carbocycles. The second kappa shape index (κ2) is 4.21. The van der Waals surface area contributed by atoms with Crippen molar-refractivity contribution in [2.75, 3.05) is 0 Å². The largest absolute Gasteiger partial charge is 0.320 e. The van der Waals surface area contributed by atoms with E-state index in [-0.39, 0.29) is 6.04 Å². The van der Waals surface area contributed by atoms with E-state index in [1.807, 2.05) is 23.6 Å². The van der Waals surface area contributed by atoms with Gasteiger partial charge < -0.3 is 5.73 Å².